The van der Waals surface area contributed by atoms with Gasteiger partial charge < -0.3 is 20.6 Å². The number of carboxylic acid groups (broad SMARTS) is 1. The molecule has 0 aromatic carbocycles. The average molecular weight is 326 g/mol. The van der Waals surface area contributed by atoms with Crippen LogP contribution in [0.2, 0.25) is 0 Å². The maximum atomic E-state index is 12.3. The molecule has 23 heavy (non-hydrogen) atoms. The summed E-state index contributed by atoms with van der Waals surface area (Å²) in [5.74, 6) is -0.569. The lowest BCUT2D eigenvalue weighted by Gasteiger charge is -2.38. The van der Waals surface area contributed by atoms with Crippen molar-refractivity contribution in [1.29, 1.82) is 5.41 Å². The predicted octanol–water partition coefficient (Wildman–Crippen LogP) is -1.88. The van der Waals surface area contributed by atoms with Crippen LogP contribution in [-0.2, 0) is 9.59 Å². The zero-order chi connectivity index (χ0) is 16.8. The van der Waals surface area contributed by atoms with Crippen LogP contribution in [0.4, 0.5) is 0 Å². The highest BCUT2D eigenvalue weighted by Crippen LogP contribution is 2.06. The summed E-state index contributed by atoms with van der Waals surface area (Å²) in [6.07, 6.45) is 0.147. The minimum atomic E-state index is -0.784. The maximum absolute atomic E-state index is 12.3. The highest BCUT2D eigenvalue weighted by Gasteiger charge is 2.25. The lowest BCUT2D eigenvalue weighted by atomic mass is 10.2. The number of guanidine groups is 1. The van der Waals surface area contributed by atoms with Crippen molar-refractivity contribution in [2.45, 2.75) is 6.42 Å². The number of hydrogen-bond donors (Lipinski definition) is 3. The maximum Gasteiger partial charge on any atom is 0.304 e. The number of nitrogens with two attached hydrogens (primary N) is 1. The number of piperazine rings is 2. The summed E-state index contributed by atoms with van der Waals surface area (Å²) in [7, 11) is 0. The Bertz CT molecular complexity index is 442. The first-order valence-electron chi connectivity index (χ1n) is 7.99. The Morgan fingerprint density at radius 1 is 0.913 bits per heavy atom. The molecule has 2 rings (SSSR count). The van der Waals surface area contributed by atoms with Gasteiger partial charge in [-0.15, -0.1) is 0 Å². The Labute approximate surface area is 136 Å². The molecule has 1 amide bonds. The highest BCUT2D eigenvalue weighted by molar-refractivity contribution is 5.78. The third kappa shape index (κ3) is 5.36. The molecule has 0 unspecified atom stereocenters. The minimum Gasteiger partial charge on any atom is -0.481 e. The molecule has 0 aliphatic carbocycles. The van der Waals surface area contributed by atoms with Gasteiger partial charge in [0.25, 0.3) is 0 Å². The highest BCUT2D eigenvalue weighted by atomic mass is 16.4. The lowest BCUT2D eigenvalue weighted by Crippen LogP contribution is -2.55. The first-order valence-corrected chi connectivity index (χ1v) is 7.99. The molecule has 2 saturated heterocycles. The van der Waals surface area contributed by atoms with E-state index in [-0.39, 0.29) is 18.3 Å². The first kappa shape index (κ1) is 17.5. The van der Waals surface area contributed by atoms with Gasteiger partial charge in [0.15, 0.2) is 5.96 Å². The smallest absolute Gasteiger partial charge is 0.304 e. The van der Waals surface area contributed by atoms with Gasteiger partial charge in [-0.05, 0) is 0 Å². The van der Waals surface area contributed by atoms with Crippen molar-refractivity contribution in [3.05, 3.63) is 0 Å². The van der Waals surface area contributed by atoms with E-state index < -0.39 is 5.97 Å². The van der Waals surface area contributed by atoms with Crippen LogP contribution in [0.3, 0.4) is 0 Å². The molecule has 2 aliphatic rings. The average Bonchev–Trinajstić information content (AvgIpc) is 2.54. The van der Waals surface area contributed by atoms with Crippen LogP contribution in [-0.4, -0.2) is 108 Å². The second kappa shape index (κ2) is 8.11. The van der Waals surface area contributed by atoms with Crippen molar-refractivity contribution in [3.63, 3.8) is 0 Å². The third-order valence-corrected chi connectivity index (χ3v) is 4.44. The van der Waals surface area contributed by atoms with Crippen molar-refractivity contribution < 1.29 is 14.7 Å². The molecule has 0 aromatic heterocycles. The summed E-state index contributed by atoms with van der Waals surface area (Å²) in [4.78, 5) is 30.8. The SMILES string of the molecule is N=C(N)N1CCN(CC(=O)N2CCN(CCC(=O)O)CC2)CC1. The molecule has 9 heteroatoms. The Kier molecular flexibility index (Phi) is 6.17. The van der Waals surface area contributed by atoms with Crippen LogP contribution in [0.5, 0.6) is 0 Å². The summed E-state index contributed by atoms with van der Waals surface area (Å²) in [5.41, 5.74) is 5.46. The Morgan fingerprint density at radius 3 is 1.96 bits per heavy atom. The van der Waals surface area contributed by atoms with Crippen LogP contribution < -0.4 is 5.73 Å². The van der Waals surface area contributed by atoms with Gasteiger partial charge in [0.2, 0.25) is 5.91 Å². The Balaban J connectivity index is 1.67. The predicted molar refractivity (Wildman–Crippen MR) is 85.2 cm³/mol. The van der Waals surface area contributed by atoms with E-state index in [1.807, 2.05) is 9.80 Å². The molecule has 0 atom stereocenters. The van der Waals surface area contributed by atoms with E-state index in [9.17, 15) is 9.59 Å². The van der Waals surface area contributed by atoms with Gasteiger partial charge in [-0.1, -0.05) is 0 Å². The second-order valence-corrected chi connectivity index (χ2v) is 6.01. The fraction of sp³-hybridized carbons (Fsp3) is 0.786. The number of carboxylic acids is 1. The number of nitrogens with one attached hydrogen (secondary N) is 1. The molecule has 0 spiro atoms. The number of nitrogens with zero attached hydrogens (tertiary/aromatic N) is 4. The first-order chi connectivity index (χ1) is 11.0. The van der Waals surface area contributed by atoms with Gasteiger partial charge in [-0.3, -0.25) is 24.8 Å². The summed E-state index contributed by atoms with van der Waals surface area (Å²) in [5, 5.41) is 16.1. The van der Waals surface area contributed by atoms with E-state index in [1.54, 1.807) is 0 Å². The Hall–Kier alpha value is -1.87. The molecule has 2 fully saturated rings. The van der Waals surface area contributed by atoms with Crippen molar-refractivity contribution in [2.24, 2.45) is 5.73 Å². The number of rotatable bonds is 5. The molecule has 9 nitrogen and oxygen atoms in total. The van der Waals surface area contributed by atoms with Gasteiger partial charge in [0, 0.05) is 58.9 Å². The normalized spacial score (nSPS) is 20.5. The molecule has 2 heterocycles. The summed E-state index contributed by atoms with van der Waals surface area (Å²) >= 11 is 0. The van der Waals surface area contributed by atoms with Gasteiger partial charge in [0.1, 0.15) is 0 Å². The number of carbonyl (C=O) groups excluding carboxylic acids is 1. The molecule has 130 valence electrons. The topological polar surface area (TPSA) is 117 Å². The molecule has 0 aromatic rings. The minimum absolute atomic E-state index is 0.0912. The van der Waals surface area contributed by atoms with Crippen LogP contribution in [0.25, 0.3) is 0 Å². The van der Waals surface area contributed by atoms with E-state index in [0.29, 0.717) is 39.3 Å². The van der Waals surface area contributed by atoms with Crippen LogP contribution >= 0.6 is 0 Å². The standard InChI is InChI=1S/C14H26N6O3/c15-14(16)20-9-5-18(6-10-20)11-12(21)19-7-3-17(4-8-19)2-1-13(22)23/h1-11H2,(H3,15,16)(H,22,23). The number of amides is 1. The van der Waals surface area contributed by atoms with Crippen molar-refractivity contribution in [1.82, 2.24) is 19.6 Å². The van der Waals surface area contributed by atoms with E-state index in [0.717, 1.165) is 26.2 Å². The van der Waals surface area contributed by atoms with Crippen molar-refractivity contribution in [2.75, 3.05) is 65.4 Å². The number of carbonyl (C=O) groups is 2. The lowest BCUT2D eigenvalue weighted by molar-refractivity contribution is -0.138. The molecular weight excluding hydrogens is 300 g/mol. The summed E-state index contributed by atoms with van der Waals surface area (Å²) in [6, 6.07) is 0. The fourth-order valence-electron chi connectivity index (χ4n) is 2.91. The largest absolute Gasteiger partial charge is 0.481 e. The van der Waals surface area contributed by atoms with Gasteiger partial charge >= 0.3 is 5.97 Å². The van der Waals surface area contributed by atoms with E-state index in [1.165, 1.54) is 0 Å². The quantitative estimate of drug-likeness (QED) is 0.400. The van der Waals surface area contributed by atoms with E-state index in [2.05, 4.69) is 9.80 Å². The van der Waals surface area contributed by atoms with Gasteiger partial charge in [-0.2, -0.15) is 0 Å². The molecular formula is C14H26N6O3. The van der Waals surface area contributed by atoms with Crippen molar-refractivity contribution >= 4 is 17.8 Å². The van der Waals surface area contributed by atoms with Crippen LogP contribution in [0.15, 0.2) is 0 Å². The van der Waals surface area contributed by atoms with E-state index in [4.69, 9.17) is 16.2 Å². The van der Waals surface area contributed by atoms with Gasteiger partial charge in [0.05, 0.1) is 13.0 Å². The van der Waals surface area contributed by atoms with Gasteiger partial charge in [-0.25, -0.2) is 0 Å². The second-order valence-electron chi connectivity index (χ2n) is 6.01. The van der Waals surface area contributed by atoms with Crippen LogP contribution in [0, 0.1) is 5.41 Å². The molecule has 0 bridgehead atoms. The summed E-state index contributed by atoms with van der Waals surface area (Å²) in [6.45, 7) is 6.59. The van der Waals surface area contributed by atoms with Crippen LogP contribution in [0.1, 0.15) is 6.42 Å². The zero-order valence-electron chi connectivity index (χ0n) is 13.4. The zero-order valence-corrected chi connectivity index (χ0v) is 13.4. The molecule has 4 N–H and O–H groups in total. The fourth-order valence-corrected chi connectivity index (χ4v) is 2.91. The third-order valence-electron chi connectivity index (χ3n) is 4.44. The summed E-state index contributed by atoms with van der Waals surface area (Å²) < 4.78 is 0. The molecule has 0 saturated carbocycles. The van der Waals surface area contributed by atoms with Crippen molar-refractivity contribution in [3.8, 4) is 0 Å². The molecule has 2 aliphatic heterocycles. The number of hydrogen-bond acceptors (Lipinski definition) is 5. The number of aliphatic carboxylic acids is 1. The molecule has 0 radical (unpaired) electrons. The monoisotopic (exact) mass is 326 g/mol. The Morgan fingerprint density at radius 2 is 1.43 bits per heavy atom. The van der Waals surface area contributed by atoms with E-state index >= 15 is 0 Å².